The summed E-state index contributed by atoms with van der Waals surface area (Å²) < 4.78 is 1.06. The van der Waals surface area contributed by atoms with Gasteiger partial charge in [0.15, 0.2) is 0 Å². The minimum absolute atomic E-state index is 0.338. The molecule has 0 aliphatic carbocycles. The molecule has 2 heterocycles. The number of nitrogens with two attached hydrogens (primary N) is 1. The number of hydrogen-bond acceptors (Lipinski definition) is 3. The molecule has 0 spiro atoms. The van der Waals surface area contributed by atoms with Gasteiger partial charge < -0.3 is 5.73 Å². The molecule has 0 aromatic carbocycles. The summed E-state index contributed by atoms with van der Waals surface area (Å²) in [6.07, 6.45) is 6.21. The van der Waals surface area contributed by atoms with Crippen molar-refractivity contribution in [3.63, 3.8) is 0 Å². The molecule has 1 aliphatic heterocycles. The van der Waals surface area contributed by atoms with Gasteiger partial charge in [0.25, 0.3) is 0 Å². The fourth-order valence-electron chi connectivity index (χ4n) is 2.44. The molecule has 0 saturated carbocycles. The van der Waals surface area contributed by atoms with E-state index < -0.39 is 0 Å². The summed E-state index contributed by atoms with van der Waals surface area (Å²) in [5, 5.41) is 0. The van der Waals surface area contributed by atoms with Crippen LogP contribution in [0.2, 0.25) is 0 Å². The Morgan fingerprint density at radius 2 is 2.18 bits per heavy atom. The Morgan fingerprint density at radius 3 is 2.76 bits per heavy atom. The van der Waals surface area contributed by atoms with Crippen LogP contribution in [0.4, 0.5) is 0 Å². The zero-order valence-corrected chi connectivity index (χ0v) is 11.9. The molecule has 0 radical (unpaired) electrons. The quantitative estimate of drug-likeness (QED) is 0.932. The van der Waals surface area contributed by atoms with Crippen molar-refractivity contribution >= 4 is 15.9 Å². The molecule has 17 heavy (non-hydrogen) atoms. The van der Waals surface area contributed by atoms with Crippen molar-refractivity contribution in [2.24, 2.45) is 11.7 Å². The second-order valence-electron chi connectivity index (χ2n) is 4.98. The van der Waals surface area contributed by atoms with Crippen molar-refractivity contribution in [2.45, 2.75) is 32.4 Å². The predicted molar refractivity (Wildman–Crippen MR) is 73.6 cm³/mol. The van der Waals surface area contributed by atoms with Gasteiger partial charge in [-0.2, -0.15) is 0 Å². The van der Waals surface area contributed by atoms with Crippen molar-refractivity contribution in [3.05, 3.63) is 28.5 Å². The zero-order valence-electron chi connectivity index (χ0n) is 10.3. The number of pyridine rings is 1. The monoisotopic (exact) mass is 297 g/mol. The normalized spacial score (nSPS) is 20.4. The van der Waals surface area contributed by atoms with Crippen LogP contribution in [0, 0.1) is 5.92 Å². The Bertz CT molecular complexity index is 359. The van der Waals surface area contributed by atoms with E-state index in [1.807, 2.05) is 12.4 Å². The average Bonchev–Trinajstić information content (AvgIpc) is 2.29. The van der Waals surface area contributed by atoms with Gasteiger partial charge in [-0.1, -0.05) is 0 Å². The molecule has 1 fully saturated rings. The van der Waals surface area contributed by atoms with Crippen molar-refractivity contribution in [1.29, 1.82) is 0 Å². The molecule has 1 saturated heterocycles. The Kier molecular flexibility index (Phi) is 4.54. The van der Waals surface area contributed by atoms with Crippen LogP contribution in [0.5, 0.6) is 0 Å². The largest absolute Gasteiger partial charge is 0.328 e. The Labute approximate surface area is 112 Å². The molecule has 4 heteroatoms. The molecule has 0 amide bonds. The van der Waals surface area contributed by atoms with E-state index in [2.05, 4.69) is 38.8 Å². The minimum atomic E-state index is 0.338. The highest BCUT2D eigenvalue weighted by Crippen LogP contribution is 2.21. The fourth-order valence-corrected chi connectivity index (χ4v) is 2.85. The fraction of sp³-hybridized carbons (Fsp3) is 0.615. The highest BCUT2D eigenvalue weighted by Gasteiger charge is 2.21. The number of hydrogen-bond donors (Lipinski definition) is 1. The van der Waals surface area contributed by atoms with Gasteiger partial charge in [0.2, 0.25) is 0 Å². The molecule has 94 valence electrons. The molecule has 1 aromatic heterocycles. The smallest absolute Gasteiger partial charge is 0.0410 e. The summed E-state index contributed by atoms with van der Waals surface area (Å²) in [7, 11) is 0. The molecular formula is C13H20BrN3. The highest BCUT2D eigenvalue weighted by atomic mass is 79.9. The first-order chi connectivity index (χ1) is 8.15. The van der Waals surface area contributed by atoms with Crippen LogP contribution in [-0.2, 0) is 6.54 Å². The average molecular weight is 298 g/mol. The van der Waals surface area contributed by atoms with E-state index in [9.17, 15) is 0 Å². The molecule has 0 bridgehead atoms. The second kappa shape index (κ2) is 5.94. The van der Waals surface area contributed by atoms with Crippen molar-refractivity contribution < 1.29 is 0 Å². The molecule has 3 nitrogen and oxygen atoms in total. The van der Waals surface area contributed by atoms with Crippen molar-refractivity contribution in [3.8, 4) is 0 Å². The van der Waals surface area contributed by atoms with Gasteiger partial charge in [0.1, 0.15) is 0 Å². The third-order valence-corrected chi connectivity index (χ3v) is 3.98. The summed E-state index contributed by atoms with van der Waals surface area (Å²) >= 11 is 3.46. The van der Waals surface area contributed by atoms with Crippen LogP contribution in [-0.4, -0.2) is 29.0 Å². The molecule has 1 atom stereocenters. The molecule has 1 aromatic rings. The van der Waals surface area contributed by atoms with Crippen LogP contribution < -0.4 is 5.73 Å². The van der Waals surface area contributed by atoms with Gasteiger partial charge in [-0.05, 0) is 66.3 Å². The number of nitrogens with zero attached hydrogens (tertiary/aromatic N) is 2. The van der Waals surface area contributed by atoms with Crippen molar-refractivity contribution in [2.75, 3.05) is 13.1 Å². The van der Waals surface area contributed by atoms with Crippen LogP contribution in [0.3, 0.4) is 0 Å². The highest BCUT2D eigenvalue weighted by molar-refractivity contribution is 9.10. The number of likely N-dealkylation sites (tertiary alicyclic amines) is 1. The number of halogens is 1. The van der Waals surface area contributed by atoms with E-state index in [1.54, 1.807) is 0 Å². The maximum atomic E-state index is 5.95. The van der Waals surface area contributed by atoms with E-state index >= 15 is 0 Å². The van der Waals surface area contributed by atoms with E-state index in [-0.39, 0.29) is 0 Å². The Morgan fingerprint density at radius 1 is 1.47 bits per heavy atom. The van der Waals surface area contributed by atoms with Gasteiger partial charge in [-0.3, -0.25) is 9.88 Å². The van der Waals surface area contributed by atoms with E-state index in [4.69, 9.17) is 5.73 Å². The van der Waals surface area contributed by atoms with Crippen LogP contribution in [0.15, 0.2) is 22.9 Å². The zero-order chi connectivity index (χ0) is 12.3. The third kappa shape index (κ3) is 3.76. The molecule has 1 aliphatic rings. The van der Waals surface area contributed by atoms with Gasteiger partial charge in [-0.15, -0.1) is 0 Å². The number of piperidine rings is 1. The number of aromatic nitrogens is 1. The van der Waals surface area contributed by atoms with Gasteiger partial charge >= 0.3 is 0 Å². The lowest BCUT2D eigenvalue weighted by molar-refractivity contribution is 0.165. The van der Waals surface area contributed by atoms with E-state index in [0.717, 1.165) is 24.1 Å². The van der Waals surface area contributed by atoms with E-state index in [0.29, 0.717) is 12.0 Å². The van der Waals surface area contributed by atoms with Gasteiger partial charge in [-0.25, -0.2) is 0 Å². The lowest BCUT2D eigenvalue weighted by Crippen LogP contribution is -2.39. The predicted octanol–water partition coefficient (Wildman–Crippen LogP) is 2.40. The van der Waals surface area contributed by atoms with Gasteiger partial charge in [0, 0.05) is 29.5 Å². The molecular weight excluding hydrogens is 278 g/mol. The maximum Gasteiger partial charge on any atom is 0.0410 e. The standard InChI is InChI=1S/C13H20BrN3/c1-10(15)12-2-4-17(5-3-12)9-11-6-13(14)8-16-7-11/h6-8,10,12H,2-5,9,15H2,1H3. The van der Waals surface area contributed by atoms with Crippen molar-refractivity contribution in [1.82, 2.24) is 9.88 Å². The summed E-state index contributed by atoms with van der Waals surface area (Å²) in [5.41, 5.74) is 7.23. The SMILES string of the molecule is CC(N)C1CCN(Cc2cncc(Br)c2)CC1. The summed E-state index contributed by atoms with van der Waals surface area (Å²) in [6.45, 7) is 5.42. The Balaban J connectivity index is 1.86. The lowest BCUT2D eigenvalue weighted by atomic mass is 9.91. The summed E-state index contributed by atoms with van der Waals surface area (Å²) in [4.78, 5) is 6.69. The van der Waals surface area contributed by atoms with Crippen LogP contribution in [0.1, 0.15) is 25.3 Å². The first-order valence-corrected chi connectivity index (χ1v) is 7.02. The molecule has 1 unspecified atom stereocenters. The topological polar surface area (TPSA) is 42.1 Å². The molecule has 2 N–H and O–H groups in total. The Hall–Kier alpha value is -0.450. The third-order valence-electron chi connectivity index (χ3n) is 3.54. The first kappa shape index (κ1) is 13.0. The summed E-state index contributed by atoms with van der Waals surface area (Å²) in [6, 6.07) is 2.48. The lowest BCUT2D eigenvalue weighted by Gasteiger charge is -2.33. The van der Waals surface area contributed by atoms with Crippen LogP contribution >= 0.6 is 15.9 Å². The van der Waals surface area contributed by atoms with E-state index in [1.165, 1.54) is 18.4 Å². The van der Waals surface area contributed by atoms with Crippen LogP contribution in [0.25, 0.3) is 0 Å². The van der Waals surface area contributed by atoms with Gasteiger partial charge in [0.05, 0.1) is 0 Å². The summed E-state index contributed by atoms with van der Waals surface area (Å²) in [5.74, 6) is 0.701. The number of rotatable bonds is 3. The first-order valence-electron chi connectivity index (χ1n) is 6.22. The maximum absolute atomic E-state index is 5.95. The molecule has 2 rings (SSSR count). The minimum Gasteiger partial charge on any atom is -0.328 e. The second-order valence-corrected chi connectivity index (χ2v) is 5.90.